The summed E-state index contributed by atoms with van der Waals surface area (Å²) in [6, 6.07) is 0.983. The number of hydrogen-bond acceptors (Lipinski definition) is 7. The van der Waals surface area contributed by atoms with E-state index in [1.165, 1.54) is 13.1 Å². The van der Waals surface area contributed by atoms with Gasteiger partial charge in [-0.15, -0.1) is 0 Å². The molecule has 0 aliphatic carbocycles. The van der Waals surface area contributed by atoms with E-state index in [0.717, 1.165) is 24.1 Å². The Morgan fingerprint density at radius 2 is 1.70 bits per heavy atom. The van der Waals surface area contributed by atoms with E-state index in [0.29, 0.717) is 43.2 Å². The van der Waals surface area contributed by atoms with Crippen molar-refractivity contribution in [3.63, 3.8) is 0 Å². The average molecular weight is 468 g/mol. The number of nitrogens with zero attached hydrogens (tertiary/aromatic N) is 8. The van der Waals surface area contributed by atoms with Crippen LogP contribution in [-0.4, -0.2) is 61.8 Å². The van der Waals surface area contributed by atoms with Crippen LogP contribution >= 0.6 is 0 Å². The van der Waals surface area contributed by atoms with E-state index in [-0.39, 0.29) is 17.1 Å². The van der Waals surface area contributed by atoms with Crippen LogP contribution in [0.2, 0.25) is 0 Å². The molecule has 2 aliphatic rings. The first-order chi connectivity index (χ1) is 15.4. The van der Waals surface area contributed by atoms with Gasteiger partial charge in [-0.3, -0.25) is 0 Å². The zero-order valence-corrected chi connectivity index (χ0v) is 17.9. The second-order valence-corrected chi connectivity index (χ2v) is 8.99. The smallest absolute Gasteiger partial charge is 0.355 e. The summed E-state index contributed by atoms with van der Waals surface area (Å²) in [7, 11) is 0. The molecule has 0 atom stereocenters. The van der Waals surface area contributed by atoms with Crippen LogP contribution in [0, 0.1) is 12.3 Å². The van der Waals surface area contributed by atoms with E-state index in [2.05, 4.69) is 25.0 Å². The molecule has 1 spiro atoms. The molecule has 3 aromatic rings. The number of rotatable bonds is 4. The average Bonchev–Trinajstić information content (AvgIpc) is 3.29. The Kier molecular flexibility index (Phi) is 4.73. The maximum atomic E-state index is 13.5. The van der Waals surface area contributed by atoms with Gasteiger partial charge in [0.2, 0.25) is 0 Å². The third-order valence-corrected chi connectivity index (χ3v) is 6.01. The summed E-state index contributed by atoms with van der Waals surface area (Å²) in [5, 5.41) is 3.97. The van der Waals surface area contributed by atoms with Gasteiger partial charge in [-0.1, -0.05) is 0 Å². The molecular formula is C20H21F5N8. The van der Waals surface area contributed by atoms with Crippen LogP contribution in [-0.2, 0) is 12.7 Å². The van der Waals surface area contributed by atoms with Crippen molar-refractivity contribution in [3.05, 3.63) is 30.0 Å². The molecule has 0 aromatic carbocycles. The van der Waals surface area contributed by atoms with Gasteiger partial charge in [-0.25, -0.2) is 33.4 Å². The van der Waals surface area contributed by atoms with Crippen LogP contribution < -0.4 is 9.80 Å². The van der Waals surface area contributed by atoms with Crippen molar-refractivity contribution in [1.82, 2.24) is 29.7 Å². The number of fused-ring (bicyclic) bond motifs is 1. The highest BCUT2D eigenvalue weighted by Gasteiger charge is 2.49. The van der Waals surface area contributed by atoms with Gasteiger partial charge in [-0.2, -0.15) is 18.3 Å². The van der Waals surface area contributed by atoms with E-state index < -0.39 is 24.3 Å². The second kappa shape index (κ2) is 7.19. The largest absolute Gasteiger partial charge is 0.433 e. The van der Waals surface area contributed by atoms with Gasteiger partial charge in [0.15, 0.2) is 5.65 Å². The molecule has 2 aliphatic heterocycles. The fourth-order valence-corrected chi connectivity index (χ4v) is 4.54. The first-order valence-electron chi connectivity index (χ1n) is 10.4. The molecule has 13 heteroatoms. The van der Waals surface area contributed by atoms with Crippen molar-refractivity contribution >= 4 is 22.8 Å². The van der Waals surface area contributed by atoms with Gasteiger partial charge in [0.25, 0.3) is 5.92 Å². The second-order valence-electron chi connectivity index (χ2n) is 8.99. The lowest BCUT2D eigenvalue weighted by Gasteiger charge is -2.48. The molecule has 5 rings (SSSR count). The van der Waals surface area contributed by atoms with Gasteiger partial charge in [0.05, 0.1) is 12.4 Å². The van der Waals surface area contributed by atoms with Crippen LogP contribution in [0.25, 0.3) is 11.2 Å². The van der Waals surface area contributed by atoms with Crippen molar-refractivity contribution < 1.29 is 22.0 Å². The Hall–Kier alpha value is -3.12. The molecule has 5 heterocycles. The van der Waals surface area contributed by atoms with Crippen LogP contribution in [0.1, 0.15) is 24.9 Å². The van der Waals surface area contributed by atoms with E-state index in [1.807, 2.05) is 9.80 Å². The summed E-state index contributed by atoms with van der Waals surface area (Å²) in [6.45, 7) is 4.12. The Labute approximate surface area is 185 Å². The molecule has 0 unspecified atom stereocenters. The monoisotopic (exact) mass is 468 g/mol. The summed E-state index contributed by atoms with van der Waals surface area (Å²) in [6.07, 6.45) is -0.699. The molecule has 8 nitrogen and oxygen atoms in total. The molecule has 176 valence electrons. The van der Waals surface area contributed by atoms with Gasteiger partial charge in [0, 0.05) is 44.6 Å². The quantitative estimate of drug-likeness (QED) is 0.544. The summed E-state index contributed by atoms with van der Waals surface area (Å²) in [4.78, 5) is 20.3. The highest BCUT2D eigenvalue weighted by atomic mass is 19.4. The van der Waals surface area contributed by atoms with Gasteiger partial charge in [-0.05, 0) is 13.3 Å². The first-order valence-corrected chi connectivity index (χ1v) is 10.4. The third kappa shape index (κ3) is 4.15. The van der Waals surface area contributed by atoms with Crippen LogP contribution in [0.5, 0.6) is 0 Å². The fourth-order valence-electron chi connectivity index (χ4n) is 4.54. The summed E-state index contributed by atoms with van der Waals surface area (Å²) < 4.78 is 67.4. The Morgan fingerprint density at radius 3 is 2.39 bits per heavy atom. The van der Waals surface area contributed by atoms with Crippen molar-refractivity contribution in [2.75, 3.05) is 36.0 Å². The Bertz CT molecular complexity index is 1200. The summed E-state index contributed by atoms with van der Waals surface area (Å²) in [5.41, 5.74) is -0.325. The molecule has 33 heavy (non-hydrogen) atoms. The van der Waals surface area contributed by atoms with Crippen molar-refractivity contribution in [3.8, 4) is 0 Å². The number of alkyl halides is 5. The zero-order valence-electron chi connectivity index (χ0n) is 17.9. The lowest BCUT2D eigenvalue weighted by Crippen LogP contribution is -2.58. The normalized spacial score (nSPS) is 18.4. The van der Waals surface area contributed by atoms with Crippen LogP contribution in [0.4, 0.5) is 33.6 Å². The summed E-state index contributed by atoms with van der Waals surface area (Å²) >= 11 is 0. The fraction of sp³-hybridized carbons (Fsp3) is 0.550. The maximum absolute atomic E-state index is 13.5. The Morgan fingerprint density at radius 1 is 0.970 bits per heavy atom. The lowest BCUT2D eigenvalue weighted by molar-refractivity contribution is -0.141. The minimum atomic E-state index is -4.53. The molecule has 0 N–H and O–H groups in total. The molecule has 2 saturated heterocycles. The Balaban J connectivity index is 1.31. The van der Waals surface area contributed by atoms with E-state index >= 15 is 0 Å². The standard InChI is InChI=1S/C20H21F5N8/c1-12-28-14(20(23,24)25)5-15(29-12)32-10-19(11-32)3-4-31(9-19)16-7-26-13-6-27-33(17(13)30-16)8-18(2,21)22/h5-7H,3-4,8-11H2,1-2H3. The SMILES string of the molecule is Cc1nc(N2CC3(CCN(c4cnc5cnn(CC(C)(F)F)c5n4)C3)C2)cc(C(F)(F)F)n1. The van der Waals surface area contributed by atoms with Crippen molar-refractivity contribution in [2.45, 2.75) is 38.9 Å². The lowest BCUT2D eigenvalue weighted by atomic mass is 9.79. The molecule has 0 radical (unpaired) electrons. The molecule has 2 fully saturated rings. The number of aryl methyl sites for hydroxylation is 1. The van der Waals surface area contributed by atoms with Gasteiger partial charge < -0.3 is 9.80 Å². The van der Waals surface area contributed by atoms with E-state index in [1.54, 1.807) is 6.20 Å². The van der Waals surface area contributed by atoms with Gasteiger partial charge in [0.1, 0.15) is 35.2 Å². The number of aromatic nitrogens is 6. The molecule has 0 bridgehead atoms. The molecule has 0 amide bonds. The van der Waals surface area contributed by atoms with Crippen molar-refractivity contribution in [2.24, 2.45) is 5.41 Å². The highest BCUT2D eigenvalue weighted by Crippen LogP contribution is 2.43. The maximum Gasteiger partial charge on any atom is 0.433 e. The van der Waals surface area contributed by atoms with E-state index in [4.69, 9.17) is 0 Å². The topological polar surface area (TPSA) is 75.9 Å². The third-order valence-electron chi connectivity index (χ3n) is 6.01. The van der Waals surface area contributed by atoms with Gasteiger partial charge >= 0.3 is 6.18 Å². The predicted molar refractivity (Wildman–Crippen MR) is 109 cm³/mol. The molecular weight excluding hydrogens is 447 g/mol. The molecule has 0 saturated carbocycles. The molecule has 3 aromatic heterocycles. The zero-order chi connectivity index (χ0) is 23.6. The minimum absolute atomic E-state index is 0.0756. The van der Waals surface area contributed by atoms with Crippen LogP contribution in [0.15, 0.2) is 18.5 Å². The predicted octanol–water partition coefficient (Wildman–Crippen LogP) is 3.32. The number of anilines is 2. The highest BCUT2D eigenvalue weighted by molar-refractivity contribution is 5.71. The van der Waals surface area contributed by atoms with Crippen molar-refractivity contribution in [1.29, 1.82) is 0 Å². The minimum Gasteiger partial charge on any atom is -0.355 e. The van der Waals surface area contributed by atoms with E-state index in [9.17, 15) is 22.0 Å². The number of hydrogen-bond donors (Lipinski definition) is 0. The first kappa shape index (κ1) is 21.7. The number of halogens is 5. The van der Waals surface area contributed by atoms with Crippen LogP contribution in [0.3, 0.4) is 0 Å². The summed E-state index contributed by atoms with van der Waals surface area (Å²) in [5.74, 6) is -2.03.